The standard InChI is InChI=1S/C14H30O2S3/c1-2-3-4-5-6-7-8-9-12-17-18-13-10-11-14-19(15)16/h2-14H2,1H3,(H,15,16)/p-1. The van der Waals surface area contributed by atoms with Crippen molar-refractivity contribution in [2.24, 2.45) is 0 Å². The van der Waals surface area contributed by atoms with Crippen LogP contribution in [0.3, 0.4) is 0 Å². The number of hydrogen-bond acceptors (Lipinski definition) is 4. The van der Waals surface area contributed by atoms with Gasteiger partial charge in [-0.3, -0.25) is 4.21 Å². The molecule has 0 N–H and O–H groups in total. The summed E-state index contributed by atoms with van der Waals surface area (Å²) >= 11 is -1.85. The molecule has 0 aromatic rings. The second-order valence-corrected chi connectivity index (χ2v) is 8.55. The Morgan fingerprint density at radius 2 is 1.26 bits per heavy atom. The van der Waals surface area contributed by atoms with Crippen molar-refractivity contribution in [1.29, 1.82) is 0 Å². The van der Waals surface area contributed by atoms with Crippen molar-refractivity contribution >= 4 is 32.7 Å². The molecule has 0 saturated heterocycles. The van der Waals surface area contributed by atoms with E-state index in [-0.39, 0.29) is 0 Å². The minimum absolute atomic E-state index is 0.323. The summed E-state index contributed by atoms with van der Waals surface area (Å²) in [7, 11) is 3.84. The molecule has 0 aliphatic carbocycles. The average Bonchev–Trinajstić information content (AvgIpc) is 2.39. The largest absolute Gasteiger partial charge is 0.772 e. The smallest absolute Gasteiger partial charge is 0.0102 e. The fourth-order valence-electron chi connectivity index (χ4n) is 1.79. The topological polar surface area (TPSA) is 40.1 Å². The Hall–Kier alpha value is 0.810. The van der Waals surface area contributed by atoms with Gasteiger partial charge in [0.25, 0.3) is 0 Å². The maximum atomic E-state index is 10.3. The Bertz CT molecular complexity index is 201. The highest BCUT2D eigenvalue weighted by atomic mass is 33.1. The Balaban J connectivity index is 2.93. The molecule has 0 aromatic heterocycles. The van der Waals surface area contributed by atoms with E-state index in [0.29, 0.717) is 5.75 Å². The zero-order valence-corrected chi connectivity index (χ0v) is 14.7. The second-order valence-electron chi connectivity index (χ2n) is 4.83. The van der Waals surface area contributed by atoms with Gasteiger partial charge in [0.1, 0.15) is 0 Å². The predicted octanol–water partition coefficient (Wildman–Crippen LogP) is 5.17. The molecule has 1 atom stereocenters. The van der Waals surface area contributed by atoms with Gasteiger partial charge in [-0.25, -0.2) is 0 Å². The van der Waals surface area contributed by atoms with E-state index in [1.165, 1.54) is 57.1 Å². The Labute approximate surface area is 130 Å². The molecule has 0 saturated carbocycles. The van der Waals surface area contributed by atoms with E-state index in [2.05, 4.69) is 6.92 Å². The number of hydrogen-bond donors (Lipinski definition) is 0. The van der Waals surface area contributed by atoms with Crippen LogP contribution in [0.5, 0.6) is 0 Å². The second kappa shape index (κ2) is 16.9. The highest BCUT2D eigenvalue weighted by Gasteiger charge is 1.94. The highest BCUT2D eigenvalue weighted by molar-refractivity contribution is 8.76. The molecule has 0 heterocycles. The van der Waals surface area contributed by atoms with Crippen molar-refractivity contribution < 1.29 is 8.76 Å². The van der Waals surface area contributed by atoms with Gasteiger partial charge in [-0.05, 0) is 19.3 Å². The van der Waals surface area contributed by atoms with Gasteiger partial charge in [-0.2, -0.15) is 0 Å². The number of rotatable bonds is 15. The summed E-state index contributed by atoms with van der Waals surface area (Å²) in [4.78, 5) is 0. The third-order valence-corrected chi connectivity index (χ3v) is 6.15. The Morgan fingerprint density at radius 1 is 0.789 bits per heavy atom. The molecule has 5 heteroatoms. The quantitative estimate of drug-likeness (QED) is 0.237. The molecule has 1 unspecified atom stereocenters. The van der Waals surface area contributed by atoms with Crippen molar-refractivity contribution in [3.05, 3.63) is 0 Å². The molecule has 0 radical (unpaired) electrons. The van der Waals surface area contributed by atoms with Crippen LogP contribution in [-0.2, 0) is 11.1 Å². The van der Waals surface area contributed by atoms with E-state index in [1.54, 1.807) is 0 Å². The van der Waals surface area contributed by atoms with Gasteiger partial charge < -0.3 is 4.55 Å². The van der Waals surface area contributed by atoms with Crippen LogP contribution in [0.1, 0.15) is 71.1 Å². The predicted molar refractivity (Wildman–Crippen MR) is 90.5 cm³/mol. The van der Waals surface area contributed by atoms with Crippen LogP contribution in [0.25, 0.3) is 0 Å². The molecule has 0 rings (SSSR count). The minimum Gasteiger partial charge on any atom is -0.772 e. The van der Waals surface area contributed by atoms with Crippen LogP contribution in [0, 0.1) is 0 Å². The third-order valence-electron chi connectivity index (χ3n) is 2.95. The van der Waals surface area contributed by atoms with Crippen molar-refractivity contribution in [3.8, 4) is 0 Å². The molecule has 0 fully saturated rings. The summed E-state index contributed by atoms with van der Waals surface area (Å²) in [5.74, 6) is 2.65. The Morgan fingerprint density at radius 3 is 1.79 bits per heavy atom. The van der Waals surface area contributed by atoms with E-state index in [4.69, 9.17) is 0 Å². The molecule has 0 aliphatic rings. The van der Waals surface area contributed by atoms with E-state index < -0.39 is 11.1 Å². The average molecular weight is 326 g/mol. The van der Waals surface area contributed by atoms with Crippen molar-refractivity contribution in [1.82, 2.24) is 0 Å². The lowest BCUT2D eigenvalue weighted by atomic mass is 10.1. The lowest BCUT2D eigenvalue weighted by Gasteiger charge is -2.04. The molecular weight excluding hydrogens is 296 g/mol. The summed E-state index contributed by atoms with van der Waals surface area (Å²) in [6.45, 7) is 2.26. The van der Waals surface area contributed by atoms with Gasteiger partial charge in [0.15, 0.2) is 0 Å². The van der Waals surface area contributed by atoms with Crippen LogP contribution in [0.4, 0.5) is 0 Å². The highest BCUT2D eigenvalue weighted by Crippen LogP contribution is 2.24. The monoisotopic (exact) mass is 325 g/mol. The summed E-state index contributed by atoms with van der Waals surface area (Å²) in [5.41, 5.74) is 0. The maximum Gasteiger partial charge on any atom is 0.0102 e. The molecule has 116 valence electrons. The molecular formula is C14H29O2S3-. The van der Waals surface area contributed by atoms with Crippen LogP contribution in [0.2, 0.25) is 0 Å². The van der Waals surface area contributed by atoms with Crippen molar-refractivity contribution in [2.75, 3.05) is 17.3 Å². The first-order valence-electron chi connectivity index (χ1n) is 7.57. The zero-order chi connectivity index (χ0) is 14.2. The minimum atomic E-state index is -1.85. The van der Waals surface area contributed by atoms with Crippen LogP contribution < -0.4 is 0 Å². The van der Waals surface area contributed by atoms with Gasteiger partial charge >= 0.3 is 0 Å². The van der Waals surface area contributed by atoms with Crippen LogP contribution >= 0.6 is 21.6 Å². The number of unbranched alkanes of at least 4 members (excludes halogenated alkanes) is 8. The first-order valence-corrected chi connectivity index (χ1v) is 11.3. The molecule has 0 spiro atoms. The molecule has 0 bridgehead atoms. The fraction of sp³-hybridized carbons (Fsp3) is 1.00. The summed E-state index contributed by atoms with van der Waals surface area (Å²) in [6, 6.07) is 0. The van der Waals surface area contributed by atoms with Gasteiger partial charge in [0.05, 0.1) is 0 Å². The van der Waals surface area contributed by atoms with Crippen LogP contribution in [0.15, 0.2) is 0 Å². The molecule has 2 nitrogen and oxygen atoms in total. The third kappa shape index (κ3) is 18.8. The first kappa shape index (κ1) is 19.8. The summed E-state index contributed by atoms with van der Waals surface area (Å²) in [6.07, 6.45) is 12.9. The Kier molecular flexibility index (Phi) is 17.6. The molecule has 0 aromatic carbocycles. The summed E-state index contributed by atoms with van der Waals surface area (Å²) in [5, 5.41) is 0. The first-order chi connectivity index (χ1) is 9.27. The molecule has 0 aliphatic heterocycles. The van der Waals surface area contributed by atoms with Crippen molar-refractivity contribution in [2.45, 2.75) is 71.1 Å². The SMILES string of the molecule is CCCCCCCCCCSSCCCCS(=O)[O-]. The van der Waals surface area contributed by atoms with Gasteiger partial charge in [-0.1, -0.05) is 84.5 Å². The van der Waals surface area contributed by atoms with E-state index in [9.17, 15) is 8.76 Å². The molecule has 19 heavy (non-hydrogen) atoms. The van der Waals surface area contributed by atoms with Gasteiger partial charge in [-0.15, -0.1) is 0 Å². The lowest BCUT2D eigenvalue weighted by molar-refractivity contribution is 0.534. The van der Waals surface area contributed by atoms with E-state index in [1.807, 2.05) is 21.6 Å². The maximum absolute atomic E-state index is 10.3. The summed E-state index contributed by atoms with van der Waals surface area (Å²) < 4.78 is 20.6. The van der Waals surface area contributed by atoms with Gasteiger partial charge in [0.2, 0.25) is 0 Å². The van der Waals surface area contributed by atoms with Gasteiger partial charge in [0, 0.05) is 17.3 Å². The van der Waals surface area contributed by atoms with E-state index >= 15 is 0 Å². The zero-order valence-electron chi connectivity index (χ0n) is 12.2. The fourth-order valence-corrected chi connectivity index (χ4v) is 4.53. The normalized spacial score (nSPS) is 12.7. The van der Waals surface area contributed by atoms with Crippen LogP contribution in [-0.4, -0.2) is 26.0 Å². The molecule has 0 amide bonds. The lowest BCUT2D eigenvalue weighted by Crippen LogP contribution is -1.95. The van der Waals surface area contributed by atoms with E-state index in [0.717, 1.165) is 18.6 Å². The van der Waals surface area contributed by atoms with Crippen molar-refractivity contribution in [3.63, 3.8) is 0 Å².